The van der Waals surface area contributed by atoms with E-state index in [2.05, 4.69) is 55.6 Å². The summed E-state index contributed by atoms with van der Waals surface area (Å²) in [6.07, 6.45) is 81.0. The number of amides is 1. The van der Waals surface area contributed by atoms with E-state index >= 15 is 0 Å². The minimum absolute atomic E-state index is 0.169. The third-order valence-corrected chi connectivity index (χ3v) is 17.6. The van der Waals surface area contributed by atoms with Gasteiger partial charge in [0.2, 0.25) is 5.91 Å². The normalized spacial score (nSPS) is 18.4. The van der Waals surface area contributed by atoms with Gasteiger partial charge in [0.1, 0.15) is 24.4 Å². The summed E-state index contributed by atoms with van der Waals surface area (Å²) in [5, 5.41) is 54.8. The maximum atomic E-state index is 13.1. The molecule has 494 valence electrons. The Labute approximate surface area is 520 Å². The van der Waals surface area contributed by atoms with E-state index in [9.17, 15) is 30.3 Å². The summed E-state index contributed by atoms with van der Waals surface area (Å²) in [6, 6.07) is -0.804. The van der Waals surface area contributed by atoms with Gasteiger partial charge in [-0.25, -0.2) is 0 Å². The van der Waals surface area contributed by atoms with E-state index in [0.717, 1.165) is 51.4 Å². The van der Waals surface area contributed by atoms with Gasteiger partial charge in [-0.1, -0.05) is 351 Å². The topological polar surface area (TPSA) is 149 Å². The molecule has 1 heterocycles. The number of aliphatic hydroxyl groups is 5. The second-order valence-electron chi connectivity index (χ2n) is 25.7. The minimum Gasteiger partial charge on any atom is -0.394 e. The molecule has 84 heavy (non-hydrogen) atoms. The van der Waals surface area contributed by atoms with E-state index in [1.807, 2.05) is 6.08 Å². The molecule has 7 unspecified atom stereocenters. The fourth-order valence-electron chi connectivity index (χ4n) is 11.9. The number of allylic oxidation sites excluding steroid dienone is 7. The molecule has 1 fully saturated rings. The number of hydrogen-bond donors (Lipinski definition) is 6. The average molecular weight is 1180 g/mol. The largest absolute Gasteiger partial charge is 0.394 e. The summed E-state index contributed by atoms with van der Waals surface area (Å²) in [5.74, 6) is -0.169. The van der Waals surface area contributed by atoms with Crippen LogP contribution in [0.2, 0.25) is 0 Å². The van der Waals surface area contributed by atoms with Gasteiger partial charge < -0.3 is 40.3 Å². The van der Waals surface area contributed by atoms with Crippen molar-refractivity contribution >= 4 is 5.91 Å². The maximum absolute atomic E-state index is 13.1. The third kappa shape index (κ3) is 52.1. The van der Waals surface area contributed by atoms with Crippen LogP contribution < -0.4 is 5.32 Å². The number of hydrogen-bond acceptors (Lipinski definition) is 8. The number of aliphatic hydroxyl groups excluding tert-OH is 5. The van der Waals surface area contributed by atoms with Crippen molar-refractivity contribution < 1.29 is 39.8 Å². The molecular weight excluding hydrogens is 1040 g/mol. The lowest BCUT2D eigenvalue weighted by Crippen LogP contribution is -2.60. The Kier molecular flexibility index (Phi) is 61.2. The third-order valence-electron chi connectivity index (χ3n) is 17.6. The van der Waals surface area contributed by atoms with Gasteiger partial charge in [0.15, 0.2) is 6.29 Å². The number of carbonyl (C=O) groups excluding carboxylic acids is 1. The lowest BCUT2D eigenvalue weighted by Gasteiger charge is -2.40. The number of nitrogens with one attached hydrogen (secondary N) is 1. The van der Waals surface area contributed by atoms with Crippen LogP contribution in [0.3, 0.4) is 0 Å². The van der Waals surface area contributed by atoms with E-state index < -0.39 is 49.5 Å². The fourth-order valence-corrected chi connectivity index (χ4v) is 11.9. The molecule has 1 aliphatic rings. The molecule has 9 heteroatoms. The smallest absolute Gasteiger partial charge is 0.220 e. The molecule has 1 amide bonds. The molecule has 0 bridgehead atoms. The van der Waals surface area contributed by atoms with Crippen molar-refractivity contribution in [1.29, 1.82) is 0 Å². The quantitative estimate of drug-likeness (QED) is 0.0261. The standard InChI is InChI=1S/C75H141NO8/c1-3-5-7-9-11-13-15-17-19-21-23-25-26-27-28-29-30-31-32-33-34-35-36-37-38-39-40-41-42-43-44-45-47-49-51-53-55-57-59-61-63-65-71(79)76-68(67-83-75-74(82)73(81)72(80)70(66-77)84-75)69(78)64-62-60-58-56-54-52-50-48-46-24-22-20-18-16-14-12-10-8-6-4-2/h15,17,21,23,26-27,62,64,68-70,72-75,77-78,80-82H,3-14,16,18-20,22,24-25,28-61,63,65-67H2,1-2H3,(H,76,79)/b17-15-,23-21-,27-26-,64-62+. The number of unbranched alkanes of at least 4 members (excludes halogenated alkanes) is 49. The highest BCUT2D eigenvalue weighted by Crippen LogP contribution is 2.24. The minimum atomic E-state index is -1.57. The lowest BCUT2D eigenvalue weighted by atomic mass is 9.99. The van der Waals surface area contributed by atoms with E-state index in [1.165, 1.54) is 295 Å². The summed E-state index contributed by atoms with van der Waals surface area (Å²) in [6.45, 7) is 3.81. The van der Waals surface area contributed by atoms with E-state index in [1.54, 1.807) is 6.08 Å². The zero-order valence-corrected chi connectivity index (χ0v) is 55.4. The Bertz CT molecular complexity index is 1470. The highest BCUT2D eigenvalue weighted by molar-refractivity contribution is 5.76. The molecular formula is C75H141NO8. The van der Waals surface area contributed by atoms with Crippen molar-refractivity contribution in [3.05, 3.63) is 48.6 Å². The molecule has 0 aromatic heterocycles. The number of carbonyl (C=O) groups is 1. The van der Waals surface area contributed by atoms with E-state index in [-0.39, 0.29) is 12.5 Å². The predicted octanol–water partition coefficient (Wildman–Crippen LogP) is 20.4. The Hall–Kier alpha value is -1.85. The highest BCUT2D eigenvalue weighted by atomic mass is 16.7. The highest BCUT2D eigenvalue weighted by Gasteiger charge is 2.44. The molecule has 1 saturated heterocycles. The van der Waals surface area contributed by atoms with Crippen LogP contribution in [0.1, 0.15) is 367 Å². The zero-order valence-electron chi connectivity index (χ0n) is 55.4. The molecule has 9 nitrogen and oxygen atoms in total. The summed E-state index contributed by atoms with van der Waals surface area (Å²) >= 11 is 0. The fraction of sp³-hybridized carbons (Fsp3) is 0.880. The van der Waals surface area contributed by atoms with Crippen molar-refractivity contribution in [3.63, 3.8) is 0 Å². The van der Waals surface area contributed by atoms with Crippen LogP contribution in [-0.4, -0.2) is 87.5 Å². The molecule has 0 aliphatic carbocycles. The van der Waals surface area contributed by atoms with Crippen molar-refractivity contribution in [2.75, 3.05) is 13.2 Å². The molecule has 0 saturated carbocycles. The van der Waals surface area contributed by atoms with Gasteiger partial charge in [-0.15, -0.1) is 0 Å². The first kappa shape index (κ1) is 80.2. The van der Waals surface area contributed by atoms with Gasteiger partial charge in [0, 0.05) is 6.42 Å². The second-order valence-corrected chi connectivity index (χ2v) is 25.7. The molecule has 0 aromatic carbocycles. The molecule has 0 spiro atoms. The molecule has 0 radical (unpaired) electrons. The molecule has 6 N–H and O–H groups in total. The van der Waals surface area contributed by atoms with Crippen LogP contribution in [-0.2, 0) is 14.3 Å². The van der Waals surface area contributed by atoms with Crippen molar-refractivity contribution in [2.24, 2.45) is 0 Å². The van der Waals surface area contributed by atoms with Crippen molar-refractivity contribution in [1.82, 2.24) is 5.32 Å². The van der Waals surface area contributed by atoms with Crippen molar-refractivity contribution in [3.8, 4) is 0 Å². The van der Waals surface area contributed by atoms with Crippen LogP contribution in [0.4, 0.5) is 0 Å². The van der Waals surface area contributed by atoms with Crippen molar-refractivity contribution in [2.45, 2.75) is 410 Å². The Morgan fingerprint density at radius 3 is 1.04 bits per heavy atom. The number of rotatable bonds is 65. The van der Waals surface area contributed by atoms with Crippen LogP contribution in [0.25, 0.3) is 0 Å². The van der Waals surface area contributed by atoms with Crippen LogP contribution in [0.15, 0.2) is 48.6 Å². The second kappa shape index (κ2) is 64.1. The summed E-state index contributed by atoms with van der Waals surface area (Å²) in [5.41, 5.74) is 0. The first-order valence-electron chi connectivity index (χ1n) is 36.9. The Morgan fingerprint density at radius 2 is 0.702 bits per heavy atom. The Balaban J connectivity index is 2.04. The molecule has 1 aliphatic heterocycles. The summed E-state index contributed by atoms with van der Waals surface area (Å²) in [4.78, 5) is 13.1. The lowest BCUT2D eigenvalue weighted by molar-refractivity contribution is -0.302. The van der Waals surface area contributed by atoms with E-state index in [4.69, 9.17) is 9.47 Å². The van der Waals surface area contributed by atoms with Gasteiger partial charge in [-0.2, -0.15) is 0 Å². The zero-order chi connectivity index (χ0) is 60.7. The molecule has 7 atom stereocenters. The van der Waals surface area contributed by atoms with Gasteiger partial charge >= 0.3 is 0 Å². The first-order chi connectivity index (χ1) is 41.3. The van der Waals surface area contributed by atoms with Crippen LogP contribution in [0.5, 0.6) is 0 Å². The van der Waals surface area contributed by atoms with Gasteiger partial charge in [0.25, 0.3) is 0 Å². The van der Waals surface area contributed by atoms with Gasteiger partial charge in [-0.3, -0.25) is 4.79 Å². The summed E-state index contributed by atoms with van der Waals surface area (Å²) < 4.78 is 11.3. The molecule has 0 aromatic rings. The SMILES string of the molecule is CCCCCCC/C=C\C/C=C\C/C=C\CCCCCCCCCCCCCCCCCCCCCCCCCCCCC(=O)NC(COC1OC(CO)C(O)C(O)C1O)C(O)/C=C/CCCCCCCCCCCCCCCCCCCC. The number of ether oxygens (including phenoxy) is 2. The van der Waals surface area contributed by atoms with Crippen LogP contribution >= 0.6 is 0 Å². The van der Waals surface area contributed by atoms with Gasteiger partial charge in [0.05, 0.1) is 25.4 Å². The maximum Gasteiger partial charge on any atom is 0.220 e. The van der Waals surface area contributed by atoms with Gasteiger partial charge in [-0.05, 0) is 57.8 Å². The average Bonchev–Trinajstić information content (AvgIpc) is 3.70. The van der Waals surface area contributed by atoms with E-state index in [0.29, 0.717) is 6.42 Å². The molecule has 1 rings (SSSR count). The first-order valence-corrected chi connectivity index (χ1v) is 36.9. The predicted molar refractivity (Wildman–Crippen MR) is 359 cm³/mol. The van der Waals surface area contributed by atoms with Crippen LogP contribution in [0, 0.1) is 0 Å². The monoisotopic (exact) mass is 1180 g/mol. The Morgan fingerprint density at radius 1 is 0.405 bits per heavy atom. The summed E-state index contributed by atoms with van der Waals surface area (Å²) in [7, 11) is 0.